The van der Waals surface area contributed by atoms with Crippen molar-refractivity contribution in [1.29, 1.82) is 0 Å². The molecule has 27 heavy (non-hydrogen) atoms. The van der Waals surface area contributed by atoms with E-state index in [1.54, 1.807) is 35.2 Å². The number of hydrogen-bond acceptors (Lipinski definition) is 7. The molecule has 1 amide bonds. The van der Waals surface area contributed by atoms with Gasteiger partial charge in [0.15, 0.2) is 0 Å². The molecule has 3 aromatic rings. The van der Waals surface area contributed by atoms with Crippen LogP contribution in [0.15, 0.2) is 47.8 Å². The van der Waals surface area contributed by atoms with Crippen LogP contribution in [-0.4, -0.2) is 37.5 Å². The molecule has 1 aliphatic rings. The Balaban J connectivity index is 1.66. The number of nitrogens with one attached hydrogen (secondary N) is 1. The largest absolute Gasteiger partial charge is 0.480 e. The van der Waals surface area contributed by atoms with E-state index in [-0.39, 0.29) is 17.3 Å². The number of aromatic nitrogens is 5. The Bertz CT molecular complexity index is 1050. The second kappa shape index (κ2) is 6.94. The van der Waals surface area contributed by atoms with Gasteiger partial charge < -0.3 is 10.1 Å². The van der Waals surface area contributed by atoms with Crippen molar-refractivity contribution in [2.24, 2.45) is 0 Å². The van der Waals surface area contributed by atoms with Gasteiger partial charge in [-0.25, -0.2) is 19.9 Å². The van der Waals surface area contributed by atoms with Crippen LogP contribution in [0.4, 0.5) is 0 Å². The van der Waals surface area contributed by atoms with Crippen LogP contribution in [-0.2, 0) is 6.54 Å². The first-order chi connectivity index (χ1) is 13.2. The van der Waals surface area contributed by atoms with E-state index in [2.05, 4.69) is 25.3 Å². The van der Waals surface area contributed by atoms with Gasteiger partial charge in [-0.2, -0.15) is 0 Å². The summed E-state index contributed by atoms with van der Waals surface area (Å²) in [5, 5.41) is 2.92. The van der Waals surface area contributed by atoms with Gasteiger partial charge in [-0.15, -0.1) is 0 Å². The number of rotatable bonds is 4. The zero-order valence-corrected chi connectivity index (χ0v) is 14.5. The molecule has 1 aliphatic heterocycles. The van der Waals surface area contributed by atoms with E-state index in [9.17, 15) is 9.59 Å². The lowest BCUT2D eigenvalue weighted by Crippen LogP contribution is -2.30. The van der Waals surface area contributed by atoms with E-state index in [1.807, 2.05) is 0 Å². The monoisotopic (exact) mass is 364 g/mol. The molecule has 136 valence electrons. The summed E-state index contributed by atoms with van der Waals surface area (Å²) in [6, 6.07) is 6.03. The Hall–Kier alpha value is -3.62. The first-order valence-electron chi connectivity index (χ1n) is 8.35. The summed E-state index contributed by atoms with van der Waals surface area (Å²) >= 11 is 0. The maximum atomic E-state index is 12.7. The van der Waals surface area contributed by atoms with Crippen LogP contribution in [0.2, 0.25) is 0 Å². The van der Waals surface area contributed by atoms with Gasteiger partial charge in [0.1, 0.15) is 17.7 Å². The van der Waals surface area contributed by atoms with Gasteiger partial charge in [0.2, 0.25) is 5.88 Å². The lowest BCUT2D eigenvalue weighted by atomic mass is 10.2. The number of pyridine rings is 1. The summed E-state index contributed by atoms with van der Waals surface area (Å²) < 4.78 is 6.71. The summed E-state index contributed by atoms with van der Waals surface area (Å²) in [7, 11) is 1.46. The predicted octanol–water partition coefficient (Wildman–Crippen LogP) is 0.979. The van der Waals surface area contributed by atoms with Crippen molar-refractivity contribution >= 4 is 5.91 Å². The normalized spacial score (nSPS) is 15.2. The molecule has 3 aromatic heterocycles. The summed E-state index contributed by atoms with van der Waals surface area (Å²) in [5.74, 6) is 0.417. The number of ether oxygens (including phenoxy) is 1. The number of carbonyl (C=O) groups is 1. The Labute approximate surface area is 154 Å². The standard InChI is InChI=1S/C18H16N6O3/c1-27-18-11(3-2-6-20-18)17(26)23-13-5-8-24-15(25)9-14(22-16(13)24)12-4-7-19-10-21-12/h2-4,6-7,9-10,13H,5,8H2,1H3,(H,23,26). The number of hydrogen-bond donors (Lipinski definition) is 1. The quantitative estimate of drug-likeness (QED) is 0.734. The third kappa shape index (κ3) is 3.14. The predicted molar refractivity (Wildman–Crippen MR) is 95.1 cm³/mol. The molecule has 0 fully saturated rings. The molecule has 1 N–H and O–H groups in total. The number of fused-ring (bicyclic) bond motifs is 1. The summed E-state index contributed by atoms with van der Waals surface area (Å²) in [4.78, 5) is 41.7. The van der Waals surface area contributed by atoms with Crippen molar-refractivity contribution in [2.45, 2.75) is 19.0 Å². The number of carbonyl (C=O) groups excluding carboxylic acids is 1. The van der Waals surface area contributed by atoms with Crippen LogP contribution in [0.25, 0.3) is 11.4 Å². The van der Waals surface area contributed by atoms with E-state index >= 15 is 0 Å². The van der Waals surface area contributed by atoms with Crippen molar-refractivity contribution in [3.8, 4) is 17.3 Å². The Morgan fingerprint density at radius 1 is 1.26 bits per heavy atom. The minimum Gasteiger partial charge on any atom is -0.480 e. The first-order valence-corrected chi connectivity index (χ1v) is 8.35. The van der Waals surface area contributed by atoms with Gasteiger partial charge in [-0.3, -0.25) is 14.2 Å². The smallest absolute Gasteiger partial charge is 0.257 e. The van der Waals surface area contributed by atoms with Crippen molar-refractivity contribution in [3.05, 3.63) is 64.7 Å². The van der Waals surface area contributed by atoms with E-state index < -0.39 is 6.04 Å². The third-order valence-electron chi connectivity index (χ3n) is 4.35. The maximum absolute atomic E-state index is 12.7. The van der Waals surface area contributed by atoms with Crippen molar-refractivity contribution in [3.63, 3.8) is 0 Å². The fraction of sp³-hybridized carbons (Fsp3) is 0.222. The molecule has 0 radical (unpaired) electrons. The zero-order valence-electron chi connectivity index (χ0n) is 14.5. The second-order valence-electron chi connectivity index (χ2n) is 5.96. The van der Waals surface area contributed by atoms with Gasteiger partial charge in [0.25, 0.3) is 11.5 Å². The molecule has 4 heterocycles. The summed E-state index contributed by atoms with van der Waals surface area (Å²) in [6.07, 6.45) is 5.11. The highest BCUT2D eigenvalue weighted by Gasteiger charge is 2.28. The average Bonchev–Trinajstić information content (AvgIpc) is 3.12. The Morgan fingerprint density at radius 2 is 2.15 bits per heavy atom. The van der Waals surface area contributed by atoms with Gasteiger partial charge >= 0.3 is 0 Å². The van der Waals surface area contributed by atoms with E-state index in [1.165, 1.54) is 19.5 Å². The molecule has 1 unspecified atom stereocenters. The molecular weight excluding hydrogens is 348 g/mol. The lowest BCUT2D eigenvalue weighted by molar-refractivity contribution is 0.0932. The Kier molecular flexibility index (Phi) is 4.33. The van der Waals surface area contributed by atoms with Crippen LogP contribution in [0.3, 0.4) is 0 Å². The summed E-state index contributed by atoms with van der Waals surface area (Å²) in [6.45, 7) is 0.486. The van der Waals surface area contributed by atoms with E-state index in [0.29, 0.717) is 35.7 Å². The van der Waals surface area contributed by atoms with Crippen molar-refractivity contribution in [1.82, 2.24) is 29.8 Å². The molecule has 9 heteroatoms. The van der Waals surface area contributed by atoms with Crippen LogP contribution in [0, 0.1) is 0 Å². The van der Waals surface area contributed by atoms with Crippen LogP contribution in [0.1, 0.15) is 28.6 Å². The maximum Gasteiger partial charge on any atom is 0.257 e. The molecule has 1 atom stereocenters. The minimum atomic E-state index is -0.392. The van der Waals surface area contributed by atoms with Gasteiger partial charge in [-0.05, 0) is 24.6 Å². The first kappa shape index (κ1) is 16.8. The van der Waals surface area contributed by atoms with Gasteiger partial charge in [0, 0.05) is 25.0 Å². The minimum absolute atomic E-state index is 0.177. The van der Waals surface area contributed by atoms with E-state index in [0.717, 1.165) is 0 Å². The fourth-order valence-electron chi connectivity index (χ4n) is 3.07. The molecule has 0 bridgehead atoms. The zero-order chi connectivity index (χ0) is 18.8. The molecule has 0 spiro atoms. The second-order valence-corrected chi connectivity index (χ2v) is 5.96. The molecule has 4 rings (SSSR count). The fourth-order valence-corrected chi connectivity index (χ4v) is 3.07. The van der Waals surface area contributed by atoms with Crippen molar-refractivity contribution < 1.29 is 9.53 Å². The third-order valence-corrected chi connectivity index (χ3v) is 4.35. The highest BCUT2D eigenvalue weighted by molar-refractivity contribution is 5.96. The Morgan fingerprint density at radius 3 is 2.93 bits per heavy atom. The number of nitrogens with zero attached hydrogens (tertiary/aromatic N) is 5. The molecule has 0 saturated heterocycles. The number of methoxy groups -OCH3 is 1. The highest BCUT2D eigenvalue weighted by atomic mass is 16.5. The molecule has 0 saturated carbocycles. The molecule has 0 aromatic carbocycles. The lowest BCUT2D eigenvalue weighted by Gasteiger charge is -2.14. The van der Waals surface area contributed by atoms with Crippen LogP contribution in [0.5, 0.6) is 5.88 Å². The molecule has 9 nitrogen and oxygen atoms in total. The highest BCUT2D eigenvalue weighted by Crippen LogP contribution is 2.25. The number of amides is 1. The average molecular weight is 364 g/mol. The van der Waals surface area contributed by atoms with Crippen LogP contribution >= 0.6 is 0 Å². The molecular formula is C18H16N6O3. The SMILES string of the molecule is COc1ncccc1C(=O)NC1CCn2c1nc(-c1ccncn1)cc2=O. The van der Waals surface area contributed by atoms with E-state index in [4.69, 9.17) is 4.74 Å². The van der Waals surface area contributed by atoms with Crippen LogP contribution < -0.4 is 15.6 Å². The van der Waals surface area contributed by atoms with Gasteiger partial charge in [-0.1, -0.05) is 0 Å². The van der Waals surface area contributed by atoms with Crippen molar-refractivity contribution in [2.75, 3.05) is 7.11 Å². The molecule has 0 aliphatic carbocycles. The van der Waals surface area contributed by atoms with Gasteiger partial charge in [0.05, 0.1) is 24.5 Å². The topological polar surface area (TPSA) is 112 Å². The summed E-state index contributed by atoms with van der Waals surface area (Å²) in [5.41, 5.74) is 1.15.